The summed E-state index contributed by atoms with van der Waals surface area (Å²) in [5, 5.41) is 8.89. The van der Waals surface area contributed by atoms with E-state index in [2.05, 4.69) is 19.6 Å². The largest absolute Gasteiger partial charge is 0.481 e. The van der Waals surface area contributed by atoms with Crippen molar-refractivity contribution < 1.29 is 9.90 Å². The zero-order valence-corrected chi connectivity index (χ0v) is 11.7. The molecule has 1 N–H and O–H groups in total. The zero-order valence-electron chi connectivity index (χ0n) is 11.7. The third-order valence-corrected chi connectivity index (χ3v) is 3.19. The summed E-state index contributed by atoms with van der Waals surface area (Å²) in [6.45, 7) is 5.83. The summed E-state index contributed by atoms with van der Waals surface area (Å²) >= 11 is 0. The van der Waals surface area contributed by atoms with Gasteiger partial charge in [-0.25, -0.2) is 0 Å². The highest BCUT2D eigenvalue weighted by atomic mass is 16.4. The minimum atomic E-state index is -0.666. The van der Waals surface area contributed by atoms with Crippen molar-refractivity contribution >= 4 is 5.97 Å². The van der Waals surface area contributed by atoms with Crippen molar-refractivity contribution in [2.24, 2.45) is 5.92 Å². The standard InChI is InChI=1S/C16H28O2/c1-3-5-7-9-11-13-15(14-16(17)18)12-10-8-6-4-2/h4,6,8,15H,2-3,5,7,9-14H2,1H3,(H,17,18)/b8-6+. The Labute approximate surface area is 112 Å². The molecule has 18 heavy (non-hydrogen) atoms. The quantitative estimate of drug-likeness (QED) is 0.394. The molecule has 0 radical (unpaired) electrons. The second-order valence-corrected chi connectivity index (χ2v) is 4.91. The predicted octanol–water partition coefficient (Wildman–Crippen LogP) is 4.96. The van der Waals surface area contributed by atoms with Gasteiger partial charge in [0.2, 0.25) is 0 Å². The first-order valence-electron chi connectivity index (χ1n) is 7.20. The fourth-order valence-electron chi connectivity index (χ4n) is 2.16. The van der Waals surface area contributed by atoms with E-state index in [0.717, 1.165) is 19.3 Å². The monoisotopic (exact) mass is 252 g/mol. The van der Waals surface area contributed by atoms with E-state index in [1.807, 2.05) is 6.08 Å². The molecule has 0 bridgehead atoms. The number of hydrogen-bond acceptors (Lipinski definition) is 1. The van der Waals surface area contributed by atoms with Crippen molar-refractivity contribution in [3.63, 3.8) is 0 Å². The number of hydrogen-bond donors (Lipinski definition) is 1. The van der Waals surface area contributed by atoms with Crippen LogP contribution in [0.5, 0.6) is 0 Å². The molecular formula is C16H28O2. The fourth-order valence-corrected chi connectivity index (χ4v) is 2.16. The number of carboxylic acids is 1. The van der Waals surface area contributed by atoms with Crippen LogP contribution in [-0.4, -0.2) is 11.1 Å². The average Bonchev–Trinajstić information content (AvgIpc) is 2.33. The van der Waals surface area contributed by atoms with Gasteiger partial charge in [0.05, 0.1) is 0 Å². The van der Waals surface area contributed by atoms with E-state index >= 15 is 0 Å². The van der Waals surface area contributed by atoms with Gasteiger partial charge in [0.25, 0.3) is 0 Å². The molecule has 1 atom stereocenters. The lowest BCUT2D eigenvalue weighted by atomic mass is 9.92. The Morgan fingerprint density at radius 3 is 2.56 bits per heavy atom. The highest BCUT2D eigenvalue weighted by Gasteiger charge is 2.11. The summed E-state index contributed by atoms with van der Waals surface area (Å²) in [6.07, 6.45) is 15.3. The Hall–Kier alpha value is -1.05. The lowest BCUT2D eigenvalue weighted by molar-refractivity contribution is -0.138. The molecule has 0 spiro atoms. The van der Waals surface area contributed by atoms with Gasteiger partial charge in [-0.15, -0.1) is 0 Å². The van der Waals surface area contributed by atoms with Crippen LogP contribution in [0.1, 0.15) is 64.7 Å². The molecular weight excluding hydrogens is 224 g/mol. The second-order valence-electron chi connectivity index (χ2n) is 4.91. The van der Waals surface area contributed by atoms with Gasteiger partial charge in [-0.1, -0.05) is 63.8 Å². The zero-order chi connectivity index (χ0) is 13.6. The highest BCUT2D eigenvalue weighted by molar-refractivity contribution is 5.66. The number of carboxylic acid groups (broad SMARTS) is 1. The van der Waals surface area contributed by atoms with Crippen LogP contribution in [0, 0.1) is 5.92 Å². The molecule has 0 aromatic rings. The van der Waals surface area contributed by atoms with E-state index in [-0.39, 0.29) is 0 Å². The van der Waals surface area contributed by atoms with Crippen LogP contribution in [0.3, 0.4) is 0 Å². The Bertz CT molecular complexity index is 243. The first-order valence-corrected chi connectivity index (χ1v) is 7.20. The molecule has 0 saturated heterocycles. The van der Waals surface area contributed by atoms with Gasteiger partial charge in [0.15, 0.2) is 0 Å². The first kappa shape index (κ1) is 16.9. The minimum Gasteiger partial charge on any atom is -0.481 e. The summed E-state index contributed by atoms with van der Waals surface area (Å²) in [5.41, 5.74) is 0. The Morgan fingerprint density at radius 2 is 1.94 bits per heavy atom. The van der Waals surface area contributed by atoms with Crippen molar-refractivity contribution in [1.29, 1.82) is 0 Å². The fraction of sp³-hybridized carbons (Fsp3) is 0.688. The summed E-state index contributed by atoms with van der Waals surface area (Å²) in [4.78, 5) is 10.8. The number of allylic oxidation sites excluding steroid dienone is 3. The van der Waals surface area contributed by atoms with Crippen molar-refractivity contribution in [2.45, 2.75) is 64.7 Å². The minimum absolute atomic E-state index is 0.315. The number of rotatable bonds is 12. The van der Waals surface area contributed by atoms with Gasteiger partial charge in [-0.05, 0) is 25.2 Å². The van der Waals surface area contributed by atoms with Gasteiger partial charge in [-0.2, -0.15) is 0 Å². The molecule has 0 heterocycles. The lowest BCUT2D eigenvalue weighted by Gasteiger charge is -2.13. The Balaban J connectivity index is 3.80. The molecule has 0 fully saturated rings. The smallest absolute Gasteiger partial charge is 0.303 e. The molecule has 0 saturated carbocycles. The first-order chi connectivity index (χ1) is 8.70. The van der Waals surface area contributed by atoms with Crippen molar-refractivity contribution in [1.82, 2.24) is 0 Å². The third kappa shape index (κ3) is 11.4. The van der Waals surface area contributed by atoms with Gasteiger partial charge in [-0.3, -0.25) is 4.79 Å². The maximum Gasteiger partial charge on any atom is 0.303 e. The maximum atomic E-state index is 10.8. The summed E-state index contributed by atoms with van der Waals surface area (Å²) in [6, 6.07) is 0. The Morgan fingerprint density at radius 1 is 1.22 bits per heavy atom. The molecule has 0 aliphatic carbocycles. The van der Waals surface area contributed by atoms with E-state index in [1.54, 1.807) is 6.08 Å². The van der Waals surface area contributed by atoms with E-state index in [0.29, 0.717) is 12.3 Å². The van der Waals surface area contributed by atoms with Crippen molar-refractivity contribution in [3.8, 4) is 0 Å². The lowest BCUT2D eigenvalue weighted by Crippen LogP contribution is -2.07. The highest BCUT2D eigenvalue weighted by Crippen LogP contribution is 2.20. The molecule has 0 aromatic heterocycles. The molecule has 0 aliphatic rings. The summed E-state index contributed by atoms with van der Waals surface area (Å²) in [7, 11) is 0. The topological polar surface area (TPSA) is 37.3 Å². The molecule has 0 aliphatic heterocycles. The van der Waals surface area contributed by atoms with Gasteiger partial charge in [0, 0.05) is 6.42 Å². The Kier molecular flexibility index (Phi) is 11.7. The van der Waals surface area contributed by atoms with Crippen LogP contribution in [-0.2, 0) is 4.79 Å². The summed E-state index contributed by atoms with van der Waals surface area (Å²) in [5.74, 6) is -0.333. The number of aliphatic carboxylic acids is 1. The van der Waals surface area contributed by atoms with Crippen LogP contribution >= 0.6 is 0 Å². The van der Waals surface area contributed by atoms with Crippen LogP contribution < -0.4 is 0 Å². The van der Waals surface area contributed by atoms with E-state index in [9.17, 15) is 4.79 Å². The summed E-state index contributed by atoms with van der Waals surface area (Å²) < 4.78 is 0. The molecule has 2 nitrogen and oxygen atoms in total. The van der Waals surface area contributed by atoms with Crippen LogP contribution in [0.25, 0.3) is 0 Å². The molecule has 0 rings (SSSR count). The molecule has 0 aromatic carbocycles. The third-order valence-electron chi connectivity index (χ3n) is 3.19. The predicted molar refractivity (Wildman–Crippen MR) is 77.7 cm³/mol. The molecule has 2 heteroatoms. The van der Waals surface area contributed by atoms with E-state index in [1.165, 1.54) is 32.1 Å². The maximum absolute atomic E-state index is 10.8. The normalized spacial score (nSPS) is 12.7. The second kappa shape index (κ2) is 12.4. The van der Waals surface area contributed by atoms with E-state index < -0.39 is 5.97 Å². The van der Waals surface area contributed by atoms with Gasteiger partial charge >= 0.3 is 5.97 Å². The van der Waals surface area contributed by atoms with Crippen molar-refractivity contribution in [3.05, 3.63) is 24.8 Å². The van der Waals surface area contributed by atoms with Crippen molar-refractivity contribution in [2.75, 3.05) is 0 Å². The molecule has 104 valence electrons. The number of unbranched alkanes of at least 4 members (excludes halogenated alkanes) is 4. The average molecular weight is 252 g/mol. The van der Waals surface area contributed by atoms with Gasteiger partial charge in [0.1, 0.15) is 0 Å². The van der Waals surface area contributed by atoms with Crippen LogP contribution in [0.4, 0.5) is 0 Å². The molecule has 1 unspecified atom stereocenters. The molecule has 0 amide bonds. The van der Waals surface area contributed by atoms with Crippen LogP contribution in [0.2, 0.25) is 0 Å². The SMILES string of the molecule is C=C/C=C/CCC(CCCCCCC)CC(=O)O. The van der Waals surface area contributed by atoms with Gasteiger partial charge < -0.3 is 5.11 Å². The van der Waals surface area contributed by atoms with Crippen LogP contribution in [0.15, 0.2) is 24.8 Å². The number of carbonyl (C=O) groups is 1. The van der Waals surface area contributed by atoms with E-state index in [4.69, 9.17) is 5.11 Å².